The molecule has 0 bridgehead atoms. The average molecular weight is 430 g/mol. The number of carboxylic acids is 1. The summed E-state index contributed by atoms with van der Waals surface area (Å²) < 4.78 is 0. The summed E-state index contributed by atoms with van der Waals surface area (Å²) in [5.74, 6) is 0.180. The highest BCUT2D eigenvalue weighted by molar-refractivity contribution is 5.88. The molecule has 0 saturated carbocycles. The Bertz CT molecular complexity index is 1050. The first-order valence-corrected chi connectivity index (χ1v) is 11.5. The van der Waals surface area contributed by atoms with Crippen LogP contribution in [0.1, 0.15) is 65.3 Å². The molecule has 3 aromatic rings. The van der Waals surface area contributed by atoms with Gasteiger partial charge >= 0.3 is 5.97 Å². The SMILES string of the molecule is CC(C)c1ccc(CCc2nc(N3CCCC3Cc3ccccc3)ncc2C(=O)O)cc1. The van der Waals surface area contributed by atoms with Crippen molar-refractivity contribution < 1.29 is 9.90 Å². The van der Waals surface area contributed by atoms with Crippen molar-refractivity contribution in [2.45, 2.75) is 57.9 Å². The first kappa shape index (κ1) is 22.0. The van der Waals surface area contributed by atoms with Crippen LogP contribution < -0.4 is 4.90 Å². The van der Waals surface area contributed by atoms with E-state index < -0.39 is 5.97 Å². The molecule has 5 heteroatoms. The lowest BCUT2D eigenvalue weighted by atomic mass is 9.99. The maximum absolute atomic E-state index is 11.8. The molecule has 1 saturated heterocycles. The largest absolute Gasteiger partial charge is 0.478 e. The highest BCUT2D eigenvalue weighted by Gasteiger charge is 2.28. The lowest BCUT2D eigenvalue weighted by Gasteiger charge is -2.25. The van der Waals surface area contributed by atoms with Gasteiger partial charge in [0.2, 0.25) is 5.95 Å². The van der Waals surface area contributed by atoms with E-state index in [4.69, 9.17) is 4.98 Å². The predicted molar refractivity (Wildman–Crippen MR) is 127 cm³/mol. The lowest BCUT2D eigenvalue weighted by molar-refractivity contribution is 0.0694. The van der Waals surface area contributed by atoms with Crippen LogP contribution in [0.3, 0.4) is 0 Å². The van der Waals surface area contributed by atoms with E-state index in [9.17, 15) is 9.90 Å². The summed E-state index contributed by atoms with van der Waals surface area (Å²) in [6.07, 6.45) is 5.95. The number of aromatic nitrogens is 2. The van der Waals surface area contributed by atoms with Gasteiger partial charge in [-0.05, 0) is 54.7 Å². The maximum atomic E-state index is 11.8. The topological polar surface area (TPSA) is 66.3 Å². The molecule has 32 heavy (non-hydrogen) atoms. The number of aromatic carboxylic acids is 1. The minimum Gasteiger partial charge on any atom is -0.478 e. The Morgan fingerprint density at radius 1 is 1.06 bits per heavy atom. The van der Waals surface area contributed by atoms with Crippen molar-refractivity contribution in [1.82, 2.24) is 9.97 Å². The third-order valence-corrected chi connectivity index (χ3v) is 6.33. The summed E-state index contributed by atoms with van der Waals surface area (Å²) in [6, 6.07) is 19.4. The van der Waals surface area contributed by atoms with Crippen LogP contribution in [-0.4, -0.2) is 33.6 Å². The van der Waals surface area contributed by atoms with Gasteiger partial charge in [-0.2, -0.15) is 0 Å². The average Bonchev–Trinajstić information content (AvgIpc) is 3.26. The van der Waals surface area contributed by atoms with E-state index >= 15 is 0 Å². The van der Waals surface area contributed by atoms with Crippen molar-refractivity contribution in [3.05, 3.63) is 88.7 Å². The van der Waals surface area contributed by atoms with Crippen LogP contribution in [0.5, 0.6) is 0 Å². The summed E-state index contributed by atoms with van der Waals surface area (Å²) in [5, 5.41) is 9.67. The zero-order chi connectivity index (χ0) is 22.5. The second-order valence-corrected chi connectivity index (χ2v) is 8.91. The fraction of sp³-hybridized carbons (Fsp3) is 0.370. The third kappa shape index (κ3) is 5.16. The number of benzene rings is 2. The summed E-state index contributed by atoms with van der Waals surface area (Å²) in [5.41, 5.74) is 4.61. The molecule has 1 aliphatic rings. The number of rotatable bonds is 8. The summed E-state index contributed by atoms with van der Waals surface area (Å²) >= 11 is 0. The van der Waals surface area contributed by atoms with E-state index in [1.54, 1.807) is 0 Å². The molecule has 1 atom stereocenters. The molecule has 1 aliphatic heterocycles. The monoisotopic (exact) mass is 429 g/mol. The number of carbonyl (C=O) groups is 1. The molecule has 0 spiro atoms. The van der Waals surface area contributed by atoms with E-state index in [-0.39, 0.29) is 5.56 Å². The molecule has 0 aliphatic carbocycles. The zero-order valence-electron chi connectivity index (χ0n) is 18.9. The van der Waals surface area contributed by atoms with Crippen LogP contribution in [0.4, 0.5) is 5.95 Å². The molecule has 1 unspecified atom stereocenters. The minimum absolute atomic E-state index is 0.200. The van der Waals surface area contributed by atoms with Gasteiger partial charge in [0.25, 0.3) is 0 Å². The van der Waals surface area contributed by atoms with E-state index in [0.717, 1.165) is 32.2 Å². The Morgan fingerprint density at radius 2 is 1.81 bits per heavy atom. The van der Waals surface area contributed by atoms with Crippen LogP contribution in [0.2, 0.25) is 0 Å². The first-order valence-electron chi connectivity index (χ1n) is 11.5. The predicted octanol–water partition coefficient (Wildman–Crippen LogP) is 5.29. The fourth-order valence-electron chi connectivity index (χ4n) is 4.44. The molecule has 2 aromatic carbocycles. The quantitative estimate of drug-likeness (QED) is 0.527. The summed E-state index contributed by atoms with van der Waals surface area (Å²) in [4.78, 5) is 23.3. The molecule has 0 radical (unpaired) electrons. The van der Waals surface area contributed by atoms with E-state index in [0.29, 0.717) is 30.0 Å². The van der Waals surface area contributed by atoms with Crippen LogP contribution >= 0.6 is 0 Å². The molecule has 0 amide bonds. The number of hydrogen-bond donors (Lipinski definition) is 1. The molecule has 4 rings (SSSR count). The first-order chi connectivity index (χ1) is 15.5. The highest BCUT2D eigenvalue weighted by Crippen LogP contribution is 2.26. The number of anilines is 1. The van der Waals surface area contributed by atoms with Crippen LogP contribution in [0.15, 0.2) is 60.8 Å². The molecule has 1 aromatic heterocycles. The van der Waals surface area contributed by atoms with Crippen molar-refractivity contribution in [2.24, 2.45) is 0 Å². The number of carboxylic acid groups (broad SMARTS) is 1. The lowest BCUT2D eigenvalue weighted by Crippen LogP contribution is -2.33. The number of aryl methyl sites for hydroxylation is 2. The molecule has 1 fully saturated rings. The van der Waals surface area contributed by atoms with Gasteiger partial charge in [-0.15, -0.1) is 0 Å². The Balaban J connectivity index is 1.52. The van der Waals surface area contributed by atoms with Crippen molar-refractivity contribution in [3.63, 3.8) is 0 Å². The normalized spacial score (nSPS) is 16.0. The Hall–Kier alpha value is -3.21. The number of hydrogen-bond acceptors (Lipinski definition) is 4. The van der Waals surface area contributed by atoms with Crippen LogP contribution in [0, 0.1) is 0 Å². The van der Waals surface area contributed by atoms with Crippen LogP contribution in [0.25, 0.3) is 0 Å². The Kier molecular flexibility index (Phi) is 6.84. The second-order valence-electron chi connectivity index (χ2n) is 8.91. The van der Waals surface area contributed by atoms with Gasteiger partial charge in [0, 0.05) is 18.8 Å². The van der Waals surface area contributed by atoms with Crippen molar-refractivity contribution in [1.29, 1.82) is 0 Å². The maximum Gasteiger partial charge on any atom is 0.339 e. The van der Waals surface area contributed by atoms with Gasteiger partial charge in [-0.3, -0.25) is 0 Å². The van der Waals surface area contributed by atoms with Gasteiger partial charge in [-0.1, -0.05) is 68.4 Å². The van der Waals surface area contributed by atoms with Gasteiger partial charge in [0.15, 0.2) is 0 Å². The Morgan fingerprint density at radius 3 is 2.50 bits per heavy atom. The highest BCUT2D eigenvalue weighted by atomic mass is 16.4. The van der Waals surface area contributed by atoms with E-state index in [1.807, 2.05) is 6.07 Å². The van der Waals surface area contributed by atoms with Crippen molar-refractivity contribution in [2.75, 3.05) is 11.4 Å². The smallest absolute Gasteiger partial charge is 0.339 e. The third-order valence-electron chi connectivity index (χ3n) is 6.33. The van der Waals surface area contributed by atoms with Gasteiger partial charge in [0.1, 0.15) is 0 Å². The van der Waals surface area contributed by atoms with Gasteiger partial charge < -0.3 is 10.0 Å². The Labute approximate surface area is 190 Å². The second kappa shape index (κ2) is 9.94. The molecule has 166 valence electrons. The minimum atomic E-state index is -0.969. The number of nitrogens with zero attached hydrogens (tertiary/aromatic N) is 3. The van der Waals surface area contributed by atoms with Gasteiger partial charge in [0.05, 0.1) is 11.3 Å². The van der Waals surface area contributed by atoms with E-state index in [1.165, 1.54) is 22.9 Å². The molecular formula is C27H31N3O2. The fourth-order valence-corrected chi connectivity index (χ4v) is 4.44. The van der Waals surface area contributed by atoms with Crippen molar-refractivity contribution >= 4 is 11.9 Å². The summed E-state index contributed by atoms with van der Waals surface area (Å²) in [6.45, 7) is 5.26. The molecule has 1 N–H and O–H groups in total. The van der Waals surface area contributed by atoms with Gasteiger partial charge in [-0.25, -0.2) is 14.8 Å². The molecule has 2 heterocycles. The van der Waals surface area contributed by atoms with E-state index in [2.05, 4.69) is 72.3 Å². The summed E-state index contributed by atoms with van der Waals surface area (Å²) in [7, 11) is 0. The molecular weight excluding hydrogens is 398 g/mol. The van der Waals surface area contributed by atoms with Crippen LogP contribution in [-0.2, 0) is 19.3 Å². The standard InChI is InChI=1S/C27H31N3O2/c1-19(2)22-13-10-20(11-14-22)12-15-25-24(26(31)32)18-28-27(29-25)30-16-6-9-23(30)17-21-7-4-3-5-8-21/h3-5,7-8,10-11,13-14,18-19,23H,6,9,12,15-17H2,1-2H3,(H,31,32). The van der Waals surface area contributed by atoms with Crippen molar-refractivity contribution in [3.8, 4) is 0 Å². The zero-order valence-corrected chi connectivity index (χ0v) is 18.9. The molecule has 5 nitrogen and oxygen atoms in total.